The highest BCUT2D eigenvalue weighted by molar-refractivity contribution is 5.77. The second-order valence-corrected chi connectivity index (χ2v) is 5.08. The van der Waals surface area contributed by atoms with Crippen molar-refractivity contribution in [3.8, 4) is 0 Å². The quantitative estimate of drug-likeness (QED) is 0.793. The van der Waals surface area contributed by atoms with E-state index in [1.807, 2.05) is 36.4 Å². The molecule has 0 atom stereocenters. The molecule has 108 valence electrons. The Kier molecular flexibility index (Phi) is 3.71. The average Bonchev–Trinajstić information content (AvgIpc) is 2.55. The molecule has 3 rings (SSSR count). The summed E-state index contributed by atoms with van der Waals surface area (Å²) in [6, 6.07) is 13.4. The maximum atomic E-state index is 12.1. The summed E-state index contributed by atoms with van der Waals surface area (Å²) in [4.78, 5) is 19.5. The number of nitrogens with one attached hydrogen (secondary N) is 1. The van der Waals surface area contributed by atoms with E-state index in [0.717, 1.165) is 16.7 Å². The van der Waals surface area contributed by atoms with Gasteiger partial charge in [0, 0.05) is 6.42 Å². The molecule has 0 spiro atoms. The molecule has 0 saturated carbocycles. The van der Waals surface area contributed by atoms with Crippen LogP contribution in [0.1, 0.15) is 22.5 Å². The van der Waals surface area contributed by atoms with Crippen molar-refractivity contribution in [2.75, 3.05) is 0 Å². The predicted octanol–water partition coefficient (Wildman–Crippen LogP) is 3.80. The summed E-state index contributed by atoms with van der Waals surface area (Å²) >= 11 is 0. The van der Waals surface area contributed by atoms with Gasteiger partial charge in [-0.05, 0) is 28.8 Å². The highest BCUT2D eigenvalue weighted by atomic mass is 16.1. The molecule has 3 nitrogen and oxygen atoms in total. The Morgan fingerprint density at radius 3 is 2.59 bits per heavy atom. The Bertz CT molecular complexity index is 922. The van der Waals surface area contributed by atoms with Gasteiger partial charge in [-0.3, -0.25) is 4.79 Å². The summed E-state index contributed by atoms with van der Waals surface area (Å²) in [6.45, 7) is 7.61. The molecule has 1 heterocycles. The number of rotatable bonds is 4. The van der Waals surface area contributed by atoms with E-state index in [1.165, 1.54) is 0 Å². The first kappa shape index (κ1) is 14.0. The molecule has 1 aromatic heterocycles. The normalized spacial score (nSPS) is 10.5. The zero-order chi connectivity index (χ0) is 15.5. The molecule has 0 aliphatic heterocycles. The molecule has 0 radical (unpaired) electrons. The molecule has 0 bridgehead atoms. The van der Waals surface area contributed by atoms with Gasteiger partial charge in [0.05, 0.1) is 10.9 Å². The van der Waals surface area contributed by atoms with Crippen molar-refractivity contribution in [3.05, 3.63) is 88.5 Å². The zero-order valence-electron chi connectivity index (χ0n) is 12.2. The van der Waals surface area contributed by atoms with Crippen LogP contribution >= 0.6 is 0 Å². The lowest BCUT2D eigenvalue weighted by atomic mass is 10.0. The molecule has 0 fully saturated rings. The minimum absolute atomic E-state index is 0.104. The summed E-state index contributed by atoms with van der Waals surface area (Å²) in [6.07, 6.45) is 4.17. The van der Waals surface area contributed by atoms with Gasteiger partial charge in [-0.2, -0.15) is 0 Å². The second kappa shape index (κ2) is 5.82. The molecule has 0 aliphatic carbocycles. The minimum Gasteiger partial charge on any atom is -0.310 e. The van der Waals surface area contributed by atoms with Crippen molar-refractivity contribution >= 4 is 23.1 Å². The van der Waals surface area contributed by atoms with E-state index < -0.39 is 0 Å². The average molecular weight is 288 g/mol. The molecule has 2 aromatic carbocycles. The van der Waals surface area contributed by atoms with E-state index >= 15 is 0 Å². The first-order chi connectivity index (χ1) is 10.7. The van der Waals surface area contributed by atoms with E-state index in [4.69, 9.17) is 0 Å². The number of hydrogen-bond acceptors (Lipinski definition) is 2. The first-order valence-corrected chi connectivity index (χ1v) is 7.07. The summed E-state index contributed by atoms with van der Waals surface area (Å²) < 4.78 is 0. The lowest BCUT2D eigenvalue weighted by Crippen LogP contribution is -2.12. The van der Waals surface area contributed by atoms with Gasteiger partial charge in [-0.1, -0.05) is 55.6 Å². The predicted molar refractivity (Wildman–Crippen MR) is 91.8 cm³/mol. The van der Waals surface area contributed by atoms with E-state index in [-0.39, 0.29) is 5.56 Å². The van der Waals surface area contributed by atoms with Crippen LogP contribution in [0.15, 0.2) is 60.4 Å². The van der Waals surface area contributed by atoms with Crippen LogP contribution in [-0.4, -0.2) is 9.97 Å². The number of H-pyrrole nitrogens is 1. The second-order valence-electron chi connectivity index (χ2n) is 5.08. The van der Waals surface area contributed by atoms with Gasteiger partial charge in [-0.15, -0.1) is 0 Å². The first-order valence-electron chi connectivity index (χ1n) is 7.07. The van der Waals surface area contributed by atoms with Gasteiger partial charge in [-0.25, -0.2) is 4.98 Å². The van der Waals surface area contributed by atoms with Crippen molar-refractivity contribution in [2.24, 2.45) is 0 Å². The zero-order valence-corrected chi connectivity index (χ0v) is 12.2. The van der Waals surface area contributed by atoms with Crippen LogP contribution < -0.4 is 5.56 Å². The highest BCUT2D eigenvalue weighted by Gasteiger charge is 2.05. The Balaban J connectivity index is 2.01. The van der Waals surface area contributed by atoms with Crippen LogP contribution in [0.4, 0.5) is 0 Å². The standard InChI is InChI=1S/C19H16N2O/c1-3-14-10-9-13(11-15(14)4-2)12-18-20-17-8-6-5-7-16(17)19(22)21-18/h3-11H,1-2,12H2,(H,20,21,22). The number of nitrogens with zero attached hydrogens (tertiary/aromatic N) is 1. The molecule has 0 unspecified atom stereocenters. The third kappa shape index (κ3) is 2.61. The Hall–Kier alpha value is -2.94. The molecule has 1 N–H and O–H groups in total. The fraction of sp³-hybridized carbons (Fsp3) is 0.0526. The van der Waals surface area contributed by atoms with Crippen molar-refractivity contribution in [3.63, 3.8) is 0 Å². The maximum Gasteiger partial charge on any atom is 0.258 e. The van der Waals surface area contributed by atoms with Crippen LogP contribution in [0.5, 0.6) is 0 Å². The van der Waals surface area contributed by atoms with Crippen molar-refractivity contribution < 1.29 is 0 Å². The van der Waals surface area contributed by atoms with Crippen molar-refractivity contribution in [2.45, 2.75) is 6.42 Å². The molecular formula is C19H16N2O. The molecule has 22 heavy (non-hydrogen) atoms. The van der Waals surface area contributed by atoms with Gasteiger partial charge in [0.25, 0.3) is 5.56 Å². The monoisotopic (exact) mass is 288 g/mol. The molecule has 3 aromatic rings. The fourth-order valence-electron chi connectivity index (χ4n) is 2.51. The summed E-state index contributed by atoms with van der Waals surface area (Å²) in [5.41, 5.74) is 3.74. The fourth-order valence-corrected chi connectivity index (χ4v) is 2.51. The lowest BCUT2D eigenvalue weighted by Gasteiger charge is -2.06. The molecular weight excluding hydrogens is 272 g/mol. The lowest BCUT2D eigenvalue weighted by molar-refractivity contribution is 0.972. The topological polar surface area (TPSA) is 45.8 Å². The molecule has 0 aliphatic rings. The van der Waals surface area contributed by atoms with E-state index in [2.05, 4.69) is 23.1 Å². The third-order valence-corrected chi connectivity index (χ3v) is 3.62. The van der Waals surface area contributed by atoms with Crippen LogP contribution in [0.3, 0.4) is 0 Å². The molecule has 3 heteroatoms. The van der Waals surface area contributed by atoms with Crippen LogP contribution in [0.2, 0.25) is 0 Å². The van der Waals surface area contributed by atoms with Gasteiger partial charge < -0.3 is 4.98 Å². The van der Waals surface area contributed by atoms with Crippen LogP contribution in [0, 0.1) is 0 Å². The number of aromatic nitrogens is 2. The van der Waals surface area contributed by atoms with E-state index in [0.29, 0.717) is 23.1 Å². The van der Waals surface area contributed by atoms with Crippen LogP contribution in [-0.2, 0) is 6.42 Å². The van der Waals surface area contributed by atoms with Gasteiger partial charge in [0.1, 0.15) is 5.82 Å². The number of para-hydroxylation sites is 1. The Morgan fingerprint density at radius 2 is 1.82 bits per heavy atom. The third-order valence-electron chi connectivity index (χ3n) is 3.62. The number of fused-ring (bicyclic) bond motifs is 1. The Labute approximate surface area is 128 Å². The number of hydrogen-bond donors (Lipinski definition) is 1. The number of benzene rings is 2. The Morgan fingerprint density at radius 1 is 1.05 bits per heavy atom. The SMILES string of the molecule is C=Cc1ccc(Cc2nc3ccccc3c(=O)[nH]2)cc1C=C. The van der Waals surface area contributed by atoms with E-state index in [1.54, 1.807) is 18.2 Å². The summed E-state index contributed by atoms with van der Waals surface area (Å²) in [5.74, 6) is 0.657. The highest BCUT2D eigenvalue weighted by Crippen LogP contribution is 2.17. The van der Waals surface area contributed by atoms with Crippen LogP contribution in [0.25, 0.3) is 23.1 Å². The van der Waals surface area contributed by atoms with Gasteiger partial charge in [0.15, 0.2) is 0 Å². The summed E-state index contributed by atoms with van der Waals surface area (Å²) in [5, 5.41) is 0.611. The van der Waals surface area contributed by atoms with E-state index in [9.17, 15) is 4.79 Å². The molecule has 0 saturated heterocycles. The summed E-state index contributed by atoms with van der Waals surface area (Å²) in [7, 11) is 0. The van der Waals surface area contributed by atoms with Gasteiger partial charge in [0.2, 0.25) is 0 Å². The van der Waals surface area contributed by atoms with Crippen molar-refractivity contribution in [1.29, 1.82) is 0 Å². The largest absolute Gasteiger partial charge is 0.310 e. The smallest absolute Gasteiger partial charge is 0.258 e. The number of aromatic amines is 1. The van der Waals surface area contributed by atoms with Crippen molar-refractivity contribution in [1.82, 2.24) is 9.97 Å². The molecule has 0 amide bonds. The maximum absolute atomic E-state index is 12.1. The van der Waals surface area contributed by atoms with Gasteiger partial charge >= 0.3 is 0 Å². The minimum atomic E-state index is -0.104.